The highest BCUT2D eigenvalue weighted by Gasteiger charge is 2.35. The standard InChI is InChI=1S/C26H21F3N8OS2/c1-13(2)18-9-8-17-21(33-18)31-12-32-22(17)34-19-11-14(3-10-20(19)39-16-6-4-15(30)5-7-16)23(38)35-25-37-36-24(40-25)26(27,28)29/h3-13H,30H2,1-2H3,(H,35,37,38)(H,31,32,33,34). The van der Waals surface area contributed by atoms with Crippen molar-refractivity contribution in [2.24, 2.45) is 0 Å². The predicted molar refractivity (Wildman–Crippen MR) is 149 cm³/mol. The SMILES string of the molecule is CC(C)c1ccc2c(Nc3cc(C(=O)Nc4nnc(C(F)(F)F)s4)ccc3Sc3ccc(N)cc3)ncnc2n1. The van der Waals surface area contributed by atoms with Crippen LogP contribution in [0.15, 0.2) is 70.7 Å². The van der Waals surface area contributed by atoms with E-state index in [0.29, 0.717) is 28.2 Å². The number of amides is 1. The number of aromatic nitrogens is 5. The van der Waals surface area contributed by atoms with Crippen molar-refractivity contribution in [3.63, 3.8) is 0 Å². The Labute approximate surface area is 234 Å². The van der Waals surface area contributed by atoms with Crippen LogP contribution in [0.2, 0.25) is 0 Å². The molecular formula is C26H21F3N8OS2. The molecule has 0 aliphatic carbocycles. The lowest BCUT2D eigenvalue weighted by Crippen LogP contribution is -2.12. The van der Waals surface area contributed by atoms with Gasteiger partial charge < -0.3 is 11.1 Å². The number of nitrogen functional groups attached to an aromatic ring is 1. The number of nitrogens with two attached hydrogens (primary N) is 1. The van der Waals surface area contributed by atoms with Crippen LogP contribution in [-0.4, -0.2) is 31.1 Å². The number of rotatable bonds is 7. The van der Waals surface area contributed by atoms with Crippen LogP contribution in [0.5, 0.6) is 0 Å². The summed E-state index contributed by atoms with van der Waals surface area (Å²) in [4.78, 5) is 27.9. The molecule has 0 aliphatic heterocycles. The molecule has 40 heavy (non-hydrogen) atoms. The predicted octanol–water partition coefficient (Wildman–Crippen LogP) is 6.75. The highest BCUT2D eigenvalue weighted by molar-refractivity contribution is 7.99. The third kappa shape index (κ3) is 6.13. The van der Waals surface area contributed by atoms with Gasteiger partial charge in [-0.3, -0.25) is 10.1 Å². The minimum absolute atomic E-state index is 0.187. The third-order valence-corrected chi connectivity index (χ3v) is 7.57. The zero-order valence-electron chi connectivity index (χ0n) is 21.0. The van der Waals surface area contributed by atoms with E-state index in [-0.39, 0.29) is 27.9 Å². The Kier molecular flexibility index (Phi) is 7.54. The zero-order chi connectivity index (χ0) is 28.4. The van der Waals surface area contributed by atoms with E-state index < -0.39 is 17.1 Å². The molecule has 14 heteroatoms. The Balaban J connectivity index is 1.49. The molecule has 204 valence electrons. The zero-order valence-corrected chi connectivity index (χ0v) is 22.7. The van der Waals surface area contributed by atoms with E-state index in [1.165, 1.54) is 18.1 Å². The van der Waals surface area contributed by atoms with E-state index in [1.54, 1.807) is 30.3 Å². The fourth-order valence-corrected chi connectivity index (χ4v) is 5.07. The molecule has 2 aromatic carbocycles. The van der Waals surface area contributed by atoms with E-state index in [1.807, 2.05) is 38.1 Å². The molecule has 5 rings (SSSR count). The molecule has 5 aromatic rings. The quantitative estimate of drug-likeness (QED) is 0.178. The first kappa shape index (κ1) is 27.3. The van der Waals surface area contributed by atoms with E-state index in [4.69, 9.17) is 5.73 Å². The normalized spacial score (nSPS) is 11.7. The van der Waals surface area contributed by atoms with Crippen LogP contribution in [0.3, 0.4) is 0 Å². The number of nitrogens with zero attached hydrogens (tertiary/aromatic N) is 5. The lowest BCUT2D eigenvalue weighted by molar-refractivity contribution is -0.138. The van der Waals surface area contributed by atoms with E-state index in [0.717, 1.165) is 15.5 Å². The Bertz CT molecular complexity index is 1690. The van der Waals surface area contributed by atoms with Crippen LogP contribution in [0.4, 0.5) is 35.5 Å². The van der Waals surface area contributed by atoms with Gasteiger partial charge in [0.05, 0.1) is 11.1 Å². The number of nitrogens with one attached hydrogen (secondary N) is 2. The van der Waals surface area contributed by atoms with Crippen molar-refractivity contribution in [2.45, 2.75) is 35.7 Å². The molecule has 0 saturated carbocycles. The Morgan fingerprint density at radius 2 is 1.80 bits per heavy atom. The largest absolute Gasteiger partial charge is 0.445 e. The Morgan fingerprint density at radius 3 is 2.50 bits per heavy atom. The van der Waals surface area contributed by atoms with Gasteiger partial charge in [-0.15, -0.1) is 10.2 Å². The first-order chi connectivity index (χ1) is 19.1. The number of halogens is 3. The maximum Gasteiger partial charge on any atom is 0.445 e. The molecule has 0 atom stereocenters. The summed E-state index contributed by atoms with van der Waals surface area (Å²) in [5.41, 5.74) is 8.57. The van der Waals surface area contributed by atoms with Gasteiger partial charge in [-0.1, -0.05) is 36.9 Å². The topological polar surface area (TPSA) is 132 Å². The Morgan fingerprint density at radius 1 is 1.02 bits per heavy atom. The summed E-state index contributed by atoms with van der Waals surface area (Å²) in [6.07, 6.45) is -3.25. The van der Waals surface area contributed by atoms with Gasteiger partial charge >= 0.3 is 6.18 Å². The lowest BCUT2D eigenvalue weighted by Gasteiger charge is -2.15. The van der Waals surface area contributed by atoms with Crippen molar-refractivity contribution in [1.29, 1.82) is 0 Å². The van der Waals surface area contributed by atoms with Gasteiger partial charge in [0.1, 0.15) is 12.1 Å². The number of alkyl halides is 3. The van der Waals surface area contributed by atoms with Gasteiger partial charge in [0, 0.05) is 26.7 Å². The second-order valence-corrected chi connectivity index (χ2v) is 10.9. The summed E-state index contributed by atoms with van der Waals surface area (Å²) in [6.45, 7) is 4.08. The molecule has 1 amide bonds. The van der Waals surface area contributed by atoms with Gasteiger partial charge in [0.25, 0.3) is 5.91 Å². The fraction of sp³-hybridized carbons (Fsp3) is 0.154. The van der Waals surface area contributed by atoms with Crippen molar-refractivity contribution in [2.75, 3.05) is 16.4 Å². The van der Waals surface area contributed by atoms with Crippen LogP contribution in [0.25, 0.3) is 11.0 Å². The second-order valence-electron chi connectivity index (χ2n) is 8.86. The van der Waals surface area contributed by atoms with Crippen LogP contribution in [-0.2, 0) is 6.18 Å². The highest BCUT2D eigenvalue weighted by atomic mass is 32.2. The van der Waals surface area contributed by atoms with Crippen LogP contribution < -0.4 is 16.4 Å². The van der Waals surface area contributed by atoms with Gasteiger partial charge in [-0.2, -0.15) is 13.2 Å². The minimum Gasteiger partial charge on any atom is -0.399 e. The fourth-order valence-electron chi connectivity index (χ4n) is 3.58. The number of benzene rings is 2. The van der Waals surface area contributed by atoms with Gasteiger partial charge in [-0.05, 0) is 60.5 Å². The Hall–Kier alpha value is -4.30. The highest BCUT2D eigenvalue weighted by Crippen LogP contribution is 2.37. The molecule has 0 bridgehead atoms. The average molecular weight is 583 g/mol. The first-order valence-electron chi connectivity index (χ1n) is 11.8. The maximum atomic E-state index is 13.0. The number of anilines is 4. The molecule has 0 radical (unpaired) electrons. The second kappa shape index (κ2) is 11.1. The van der Waals surface area contributed by atoms with Gasteiger partial charge in [-0.25, -0.2) is 15.0 Å². The third-order valence-electron chi connectivity index (χ3n) is 5.60. The molecule has 0 spiro atoms. The monoisotopic (exact) mass is 582 g/mol. The summed E-state index contributed by atoms with van der Waals surface area (Å²) in [5, 5.41) is 11.5. The first-order valence-corrected chi connectivity index (χ1v) is 13.5. The van der Waals surface area contributed by atoms with Crippen LogP contribution in [0.1, 0.15) is 40.8 Å². The molecule has 4 N–H and O–H groups in total. The molecule has 9 nitrogen and oxygen atoms in total. The number of hydrogen-bond donors (Lipinski definition) is 3. The van der Waals surface area contributed by atoms with Crippen molar-refractivity contribution in [1.82, 2.24) is 25.1 Å². The van der Waals surface area contributed by atoms with Crippen LogP contribution in [0, 0.1) is 0 Å². The van der Waals surface area contributed by atoms with E-state index >= 15 is 0 Å². The van der Waals surface area contributed by atoms with Crippen molar-refractivity contribution in [3.8, 4) is 0 Å². The summed E-state index contributed by atoms with van der Waals surface area (Å²) in [5.74, 6) is 0.0466. The van der Waals surface area contributed by atoms with Gasteiger partial charge in [0.2, 0.25) is 10.1 Å². The van der Waals surface area contributed by atoms with Crippen molar-refractivity contribution >= 4 is 62.4 Å². The smallest absolute Gasteiger partial charge is 0.399 e. The molecule has 0 unspecified atom stereocenters. The minimum atomic E-state index is -4.65. The van der Waals surface area contributed by atoms with Crippen LogP contribution >= 0.6 is 23.1 Å². The summed E-state index contributed by atoms with van der Waals surface area (Å²) >= 11 is 1.68. The number of fused-ring (bicyclic) bond motifs is 1. The summed E-state index contributed by atoms with van der Waals surface area (Å²) in [7, 11) is 0. The summed E-state index contributed by atoms with van der Waals surface area (Å²) < 4.78 is 38.7. The molecule has 0 fully saturated rings. The van der Waals surface area contributed by atoms with E-state index in [2.05, 4.69) is 35.8 Å². The number of carbonyl (C=O) groups is 1. The molecule has 0 aliphatic rings. The van der Waals surface area contributed by atoms with Crippen molar-refractivity contribution < 1.29 is 18.0 Å². The summed E-state index contributed by atoms with van der Waals surface area (Å²) in [6, 6.07) is 16.0. The van der Waals surface area contributed by atoms with E-state index in [9.17, 15) is 18.0 Å². The number of pyridine rings is 1. The number of carbonyl (C=O) groups excluding carboxylic acids is 1. The lowest BCUT2D eigenvalue weighted by atomic mass is 10.1. The van der Waals surface area contributed by atoms with Crippen molar-refractivity contribution in [3.05, 3.63) is 77.2 Å². The van der Waals surface area contributed by atoms with Gasteiger partial charge in [0.15, 0.2) is 5.65 Å². The number of hydrogen-bond acceptors (Lipinski definition) is 10. The molecule has 0 saturated heterocycles. The molecule has 3 heterocycles. The maximum absolute atomic E-state index is 13.0. The molecule has 3 aromatic heterocycles. The molecular weight excluding hydrogens is 561 g/mol. The average Bonchev–Trinajstić information content (AvgIpc) is 3.40.